The van der Waals surface area contributed by atoms with Crippen LogP contribution in [0.15, 0.2) is 24.3 Å². The number of likely N-dealkylation sites (tertiary alicyclic amines) is 1. The zero-order chi connectivity index (χ0) is 19.3. The zero-order valence-corrected chi connectivity index (χ0v) is 16.2. The maximum atomic E-state index is 12.0. The van der Waals surface area contributed by atoms with Crippen LogP contribution in [0.5, 0.6) is 0 Å². The number of nitrogens with zero attached hydrogens (tertiary/aromatic N) is 2. The summed E-state index contributed by atoms with van der Waals surface area (Å²) < 4.78 is 0. The molecule has 2 aromatic rings. The van der Waals surface area contributed by atoms with Crippen LogP contribution in [0.1, 0.15) is 56.5 Å². The first-order valence-electron chi connectivity index (χ1n) is 9.15. The molecule has 5 nitrogen and oxygen atoms in total. The van der Waals surface area contributed by atoms with E-state index in [1.54, 1.807) is 0 Å². The molecule has 0 aliphatic carbocycles. The molecule has 0 unspecified atom stereocenters. The quantitative estimate of drug-likeness (QED) is 0.834. The third-order valence-corrected chi connectivity index (χ3v) is 6.02. The summed E-state index contributed by atoms with van der Waals surface area (Å²) in [7, 11) is 0. The molecule has 1 aromatic heterocycles. The van der Waals surface area contributed by atoms with Crippen LogP contribution in [-0.4, -0.2) is 38.3 Å². The molecule has 26 heavy (non-hydrogen) atoms. The van der Waals surface area contributed by atoms with Gasteiger partial charge in [-0.1, -0.05) is 39.0 Å². The molecule has 0 radical (unpaired) electrons. The number of hydrogen-bond acceptors (Lipinski definition) is 3. The lowest BCUT2D eigenvalue weighted by Gasteiger charge is -2.50. The number of fused-ring (bicyclic) bond motifs is 1. The third-order valence-electron chi connectivity index (χ3n) is 6.02. The summed E-state index contributed by atoms with van der Waals surface area (Å²) in [4.78, 5) is 18.1. The van der Waals surface area contributed by atoms with E-state index in [-0.39, 0.29) is 0 Å². The van der Waals surface area contributed by atoms with E-state index >= 15 is 0 Å². The first-order valence-corrected chi connectivity index (χ1v) is 9.15. The van der Waals surface area contributed by atoms with Crippen molar-refractivity contribution >= 4 is 17.0 Å². The Kier molecular flexibility index (Phi) is 4.47. The van der Waals surface area contributed by atoms with Crippen LogP contribution in [0.4, 0.5) is 4.79 Å². The standard InChI is InChI=1S/C21H28N2O3/c1-13-12-15-8-6-9-16(17(15)22-14(13)2)18(24)21(20(3,4)5)10-7-11-23(21)19(25)26/h6,8-9,12,18,24H,7,10-11H2,1-5H3,(H,25,26)/t18-,21+/m1/s1. The molecule has 1 aliphatic rings. The third kappa shape index (κ3) is 2.65. The summed E-state index contributed by atoms with van der Waals surface area (Å²) in [6, 6.07) is 7.84. The predicted octanol–water partition coefficient (Wildman–Crippen LogP) is 4.44. The van der Waals surface area contributed by atoms with E-state index < -0.39 is 23.2 Å². The number of hydrogen-bond donors (Lipinski definition) is 2. The summed E-state index contributed by atoms with van der Waals surface area (Å²) in [5.41, 5.74) is 2.17. The number of pyridine rings is 1. The predicted molar refractivity (Wildman–Crippen MR) is 102 cm³/mol. The van der Waals surface area contributed by atoms with E-state index in [0.717, 1.165) is 28.6 Å². The van der Waals surface area contributed by atoms with Crippen molar-refractivity contribution in [2.45, 2.75) is 59.1 Å². The maximum absolute atomic E-state index is 12.0. The van der Waals surface area contributed by atoms with Gasteiger partial charge in [0.1, 0.15) is 6.10 Å². The fourth-order valence-corrected chi connectivity index (χ4v) is 4.48. The Balaban J connectivity index is 2.23. The molecule has 140 valence electrons. The van der Waals surface area contributed by atoms with Crippen molar-refractivity contribution in [3.63, 3.8) is 0 Å². The molecule has 1 aromatic carbocycles. The summed E-state index contributed by atoms with van der Waals surface area (Å²) in [6.07, 6.45) is -0.543. The van der Waals surface area contributed by atoms with E-state index in [0.29, 0.717) is 18.5 Å². The Bertz CT molecular complexity index is 856. The van der Waals surface area contributed by atoms with Gasteiger partial charge in [0.05, 0.1) is 11.1 Å². The Morgan fingerprint density at radius 3 is 2.62 bits per heavy atom. The Labute approximate surface area is 154 Å². The minimum atomic E-state index is -0.975. The summed E-state index contributed by atoms with van der Waals surface area (Å²) in [5, 5.41) is 22.3. The highest BCUT2D eigenvalue weighted by Gasteiger charge is 2.57. The van der Waals surface area contributed by atoms with Gasteiger partial charge in [-0.05, 0) is 43.7 Å². The molecule has 3 rings (SSSR count). The van der Waals surface area contributed by atoms with Crippen LogP contribution in [0.25, 0.3) is 10.9 Å². The lowest BCUT2D eigenvalue weighted by Crippen LogP contribution is -2.59. The van der Waals surface area contributed by atoms with E-state index in [4.69, 9.17) is 4.98 Å². The summed E-state index contributed by atoms with van der Waals surface area (Å²) >= 11 is 0. The van der Waals surface area contributed by atoms with Gasteiger partial charge in [-0.25, -0.2) is 4.79 Å². The van der Waals surface area contributed by atoms with E-state index in [2.05, 4.69) is 6.07 Å². The Morgan fingerprint density at radius 1 is 1.31 bits per heavy atom. The number of carbonyl (C=O) groups is 1. The van der Waals surface area contributed by atoms with Crippen molar-refractivity contribution in [2.24, 2.45) is 5.41 Å². The molecule has 0 saturated carbocycles. The maximum Gasteiger partial charge on any atom is 0.407 e. The van der Waals surface area contributed by atoms with Gasteiger partial charge in [0.15, 0.2) is 0 Å². The molecule has 1 saturated heterocycles. The number of aliphatic hydroxyl groups excluding tert-OH is 1. The summed E-state index contributed by atoms with van der Waals surface area (Å²) in [5.74, 6) is 0. The van der Waals surface area contributed by atoms with E-state index in [1.807, 2.05) is 52.8 Å². The van der Waals surface area contributed by atoms with Gasteiger partial charge in [-0.15, -0.1) is 0 Å². The van der Waals surface area contributed by atoms with Gasteiger partial charge in [0.2, 0.25) is 0 Å². The van der Waals surface area contributed by atoms with Gasteiger partial charge in [-0.2, -0.15) is 0 Å². The van der Waals surface area contributed by atoms with Crippen LogP contribution in [0, 0.1) is 19.3 Å². The first kappa shape index (κ1) is 18.6. The van der Waals surface area contributed by atoms with Crippen molar-refractivity contribution in [1.82, 2.24) is 9.88 Å². The van der Waals surface area contributed by atoms with Crippen molar-refractivity contribution in [3.05, 3.63) is 41.1 Å². The fourth-order valence-electron chi connectivity index (χ4n) is 4.48. The second-order valence-electron chi connectivity index (χ2n) is 8.42. The highest BCUT2D eigenvalue weighted by atomic mass is 16.4. The Hall–Kier alpha value is -2.14. The smallest absolute Gasteiger partial charge is 0.407 e. The van der Waals surface area contributed by atoms with Crippen LogP contribution in [-0.2, 0) is 0 Å². The van der Waals surface area contributed by atoms with Crippen molar-refractivity contribution in [2.75, 3.05) is 6.54 Å². The van der Waals surface area contributed by atoms with Crippen LogP contribution < -0.4 is 0 Å². The number of para-hydroxylation sites is 1. The molecular formula is C21H28N2O3. The Morgan fingerprint density at radius 2 is 2.00 bits per heavy atom. The molecule has 2 heterocycles. The lowest BCUT2D eigenvalue weighted by molar-refractivity contribution is -0.0665. The minimum Gasteiger partial charge on any atom is -0.465 e. The number of benzene rings is 1. The average molecular weight is 356 g/mol. The molecule has 0 bridgehead atoms. The van der Waals surface area contributed by atoms with Gasteiger partial charge in [0, 0.05) is 23.2 Å². The highest BCUT2D eigenvalue weighted by Crippen LogP contribution is 2.52. The molecule has 5 heteroatoms. The number of aryl methyl sites for hydroxylation is 2. The molecule has 2 N–H and O–H groups in total. The lowest BCUT2D eigenvalue weighted by atomic mass is 9.66. The van der Waals surface area contributed by atoms with Crippen LogP contribution >= 0.6 is 0 Å². The molecule has 1 aliphatic heterocycles. The minimum absolute atomic E-state index is 0.427. The van der Waals surface area contributed by atoms with Gasteiger partial charge in [-0.3, -0.25) is 9.88 Å². The molecule has 1 amide bonds. The zero-order valence-electron chi connectivity index (χ0n) is 16.2. The topological polar surface area (TPSA) is 73.7 Å². The molecule has 1 fully saturated rings. The molecule has 2 atom stereocenters. The average Bonchev–Trinajstić information content (AvgIpc) is 3.01. The monoisotopic (exact) mass is 356 g/mol. The van der Waals surface area contributed by atoms with E-state index in [9.17, 15) is 15.0 Å². The number of aromatic nitrogens is 1. The van der Waals surface area contributed by atoms with Crippen molar-refractivity contribution < 1.29 is 15.0 Å². The largest absolute Gasteiger partial charge is 0.465 e. The highest BCUT2D eigenvalue weighted by molar-refractivity contribution is 5.83. The van der Waals surface area contributed by atoms with Gasteiger partial charge >= 0.3 is 6.09 Å². The SMILES string of the molecule is Cc1cc2cccc([C@@H](O)[C@]3(C(C)(C)C)CCCN3C(=O)O)c2nc1C. The number of rotatable bonds is 2. The van der Waals surface area contributed by atoms with Crippen molar-refractivity contribution in [1.29, 1.82) is 0 Å². The second-order valence-corrected chi connectivity index (χ2v) is 8.42. The second kappa shape index (κ2) is 6.23. The summed E-state index contributed by atoms with van der Waals surface area (Å²) in [6.45, 7) is 10.4. The fraction of sp³-hybridized carbons (Fsp3) is 0.524. The van der Waals surface area contributed by atoms with Crippen molar-refractivity contribution in [3.8, 4) is 0 Å². The molecular weight excluding hydrogens is 328 g/mol. The first-order chi connectivity index (χ1) is 12.1. The molecule has 0 spiro atoms. The van der Waals surface area contributed by atoms with Gasteiger partial charge in [0.25, 0.3) is 0 Å². The van der Waals surface area contributed by atoms with Gasteiger partial charge < -0.3 is 10.2 Å². The number of aliphatic hydroxyl groups is 1. The van der Waals surface area contributed by atoms with Crippen LogP contribution in [0.3, 0.4) is 0 Å². The normalized spacial score (nSPS) is 22.0. The number of amides is 1. The number of carboxylic acid groups (broad SMARTS) is 1. The van der Waals surface area contributed by atoms with E-state index in [1.165, 1.54) is 4.90 Å². The van der Waals surface area contributed by atoms with Crippen LogP contribution in [0.2, 0.25) is 0 Å².